The molecule has 1 aliphatic rings. The summed E-state index contributed by atoms with van der Waals surface area (Å²) in [5.74, 6) is 0. The van der Waals surface area contributed by atoms with E-state index in [1.165, 1.54) is 0 Å². The van der Waals surface area contributed by atoms with Crippen LogP contribution in [-0.4, -0.2) is 35.9 Å². The number of thiazole rings is 1. The summed E-state index contributed by atoms with van der Waals surface area (Å²) in [6.07, 6.45) is 2.63. The van der Waals surface area contributed by atoms with Crippen LogP contribution in [0.4, 0.5) is 5.13 Å². The molecule has 1 unspecified atom stereocenters. The van der Waals surface area contributed by atoms with Crippen molar-refractivity contribution in [3.8, 4) is 0 Å². The Hall–Kier alpha value is -0.650. The van der Waals surface area contributed by atoms with Gasteiger partial charge in [0, 0.05) is 25.1 Å². The highest BCUT2D eigenvalue weighted by Gasteiger charge is 2.26. The molecule has 4 nitrogen and oxygen atoms in total. The minimum Gasteiger partial charge on any atom is -0.391 e. The van der Waals surface area contributed by atoms with Gasteiger partial charge in [-0.3, -0.25) is 0 Å². The van der Waals surface area contributed by atoms with Crippen LogP contribution in [0.3, 0.4) is 0 Å². The van der Waals surface area contributed by atoms with Gasteiger partial charge in [-0.05, 0) is 19.8 Å². The van der Waals surface area contributed by atoms with E-state index in [4.69, 9.17) is 9.72 Å². The van der Waals surface area contributed by atoms with E-state index in [1.54, 1.807) is 11.3 Å². The van der Waals surface area contributed by atoms with E-state index >= 15 is 0 Å². The van der Waals surface area contributed by atoms with Crippen LogP contribution in [0.2, 0.25) is 0 Å². The van der Waals surface area contributed by atoms with Crippen molar-refractivity contribution >= 4 is 16.5 Å². The molecule has 2 heterocycles. The highest BCUT2D eigenvalue weighted by atomic mass is 32.1. The molecule has 1 N–H and O–H groups in total. The average Bonchev–Trinajstić information content (AvgIpc) is 3.03. The molecule has 1 saturated heterocycles. The molecule has 0 saturated carbocycles. The largest absolute Gasteiger partial charge is 0.391 e. The van der Waals surface area contributed by atoms with E-state index < -0.39 is 0 Å². The molecule has 1 fully saturated rings. The fourth-order valence-electron chi connectivity index (χ4n) is 2.54. The Morgan fingerprint density at radius 3 is 2.65 bits per heavy atom. The summed E-state index contributed by atoms with van der Waals surface area (Å²) in [6, 6.07) is 0. The van der Waals surface area contributed by atoms with Crippen molar-refractivity contribution in [1.82, 2.24) is 4.98 Å². The number of nitrogens with zero attached hydrogens (tertiary/aromatic N) is 2. The fourth-order valence-corrected chi connectivity index (χ4v) is 3.75. The lowest BCUT2D eigenvalue weighted by Crippen LogP contribution is -2.32. The summed E-state index contributed by atoms with van der Waals surface area (Å²) < 4.78 is 5.72. The third-order valence-corrected chi connectivity index (χ3v) is 4.74. The standard InChI is InChI=1S/C15H26N2O2S/c1-5-17(9-11-7-6-8-19-11)14-16-13(15(2,3)4)12(10-18)20-14/h11,18H,5-10H2,1-4H3. The molecule has 114 valence electrons. The fraction of sp³-hybridized carbons (Fsp3) is 0.800. The topological polar surface area (TPSA) is 45.6 Å². The number of hydrogen-bond donors (Lipinski definition) is 1. The lowest BCUT2D eigenvalue weighted by atomic mass is 9.91. The maximum atomic E-state index is 9.56. The summed E-state index contributed by atoms with van der Waals surface area (Å²) in [6.45, 7) is 11.3. The van der Waals surface area contributed by atoms with Crippen LogP contribution in [0.15, 0.2) is 0 Å². The third kappa shape index (κ3) is 3.51. The van der Waals surface area contributed by atoms with Crippen molar-refractivity contribution < 1.29 is 9.84 Å². The molecule has 0 bridgehead atoms. The van der Waals surface area contributed by atoms with Gasteiger partial charge in [-0.15, -0.1) is 0 Å². The zero-order chi connectivity index (χ0) is 14.8. The van der Waals surface area contributed by atoms with E-state index in [0.717, 1.165) is 48.2 Å². The Morgan fingerprint density at radius 1 is 1.45 bits per heavy atom. The van der Waals surface area contributed by atoms with Gasteiger partial charge in [0.25, 0.3) is 0 Å². The molecule has 1 aliphatic heterocycles. The predicted molar refractivity (Wildman–Crippen MR) is 83.6 cm³/mol. The molecular formula is C15H26N2O2S. The van der Waals surface area contributed by atoms with E-state index in [-0.39, 0.29) is 12.0 Å². The van der Waals surface area contributed by atoms with E-state index in [0.29, 0.717) is 6.10 Å². The van der Waals surface area contributed by atoms with E-state index in [9.17, 15) is 5.11 Å². The molecule has 20 heavy (non-hydrogen) atoms. The SMILES string of the molecule is CCN(CC1CCCO1)c1nc(C(C)(C)C)c(CO)s1. The number of aliphatic hydroxyl groups excluding tert-OH is 1. The van der Waals surface area contributed by atoms with Crippen molar-refractivity contribution in [2.45, 2.75) is 58.7 Å². The van der Waals surface area contributed by atoms with E-state index in [1.807, 2.05) is 0 Å². The molecular weight excluding hydrogens is 272 g/mol. The Balaban J connectivity index is 2.18. The lowest BCUT2D eigenvalue weighted by Gasteiger charge is -2.23. The van der Waals surface area contributed by atoms with Gasteiger partial charge in [0.1, 0.15) is 0 Å². The van der Waals surface area contributed by atoms with Crippen molar-refractivity contribution in [3.63, 3.8) is 0 Å². The lowest BCUT2D eigenvalue weighted by molar-refractivity contribution is 0.115. The maximum Gasteiger partial charge on any atom is 0.185 e. The van der Waals surface area contributed by atoms with Gasteiger partial charge >= 0.3 is 0 Å². The number of aliphatic hydroxyl groups is 1. The molecule has 0 aromatic carbocycles. The van der Waals surface area contributed by atoms with Crippen LogP contribution >= 0.6 is 11.3 Å². The molecule has 0 spiro atoms. The molecule has 0 aliphatic carbocycles. The quantitative estimate of drug-likeness (QED) is 0.908. The number of likely N-dealkylation sites (N-methyl/N-ethyl adjacent to an activating group) is 1. The second-order valence-electron chi connectivity index (χ2n) is 6.35. The molecule has 0 radical (unpaired) electrons. The molecule has 1 aromatic rings. The first-order valence-corrected chi connectivity index (χ1v) is 8.25. The van der Waals surface area contributed by atoms with Gasteiger partial charge in [0.05, 0.1) is 23.3 Å². The minimum atomic E-state index is -0.0317. The van der Waals surface area contributed by atoms with Crippen LogP contribution < -0.4 is 4.90 Å². The molecule has 5 heteroatoms. The normalized spacial score (nSPS) is 19.6. The highest BCUT2D eigenvalue weighted by Crippen LogP contribution is 2.34. The zero-order valence-corrected chi connectivity index (χ0v) is 13.8. The Morgan fingerprint density at radius 2 is 2.20 bits per heavy atom. The second-order valence-corrected chi connectivity index (χ2v) is 7.41. The zero-order valence-electron chi connectivity index (χ0n) is 13.0. The highest BCUT2D eigenvalue weighted by molar-refractivity contribution is 7.15. The maximum absolute atomic E-state index is 9.56. The predicted octanol–water partition coefficient (Wildman–Crippen LogP) is 2.94. The van der Waals surface area contributed by atoms with Gasteiger partial charge in [0.2, 0.25) is 0 Å². The summed E-state index contributed by atoms with van der Waals surface area (Å²) in [7, 11) is 0. The summed E-state index contributed by atoms with van der Waals surface area (Å²) in [5.41, 5.74) is 0.988. The molecule has 2 rings (SSSR count). The van der Waals surface area contributed by atoms with Crippen molar-refractivity contribution in [3.05, 3.63) is 10.6 Å². The van der Waals surface area contributed by atoms with Crippen LogP contribution in [-0.2, 0) is 16.8 Å². The van der Waals surface area contributed by atoms with Crippen molar-refractivity contribution in [1.29, 1.82) is 0 Å². The average molecular weight is 298 g/mol. The molecule has 1 aromatic heterocycles. The second kappa shape index (κ2) is 6.41. The van der Waals surface area contributed by atoms with Crippen molar-refractivity contribution in [2.75, 3.05) is 24.6 Å². The summed E-state index contributed by atoms with van der Waals surface area (Å²) in [4.78, 5) is 8.05. The molecule has 1 atom stereocenters. The van der Waals surface area contributed by atoms with Crippen molar-refractivity contribution in [2.24, 2.45) is 0 Å². The first-order chi connectivity index (χ1) is 9.45. The number of anilines is 1. The third-order valence-electron chi connectivity index (χ3n) is 3.64. The van der Waals surface area contributed by atoms with Crippen LogP contribution in [0.25, 0.3) is 0 Å². The number of rotatable bonds is 5. The minimum absolute atomic E-state index is 0.0317. The summed E-state index contributed by atoms with van der Waals surface area (Å²) in [5, 5.41) is 10.6. The van der Waals surface area contributed by atoms with Gasteiger partial charge in [-0.2, -0.15) is 0 Å². The van der Waals surface area contributed by atoms with Gasteiger partial charge in [-0.25, -0.2) is 4.98 Å². The van der Waals surface area contributed by atoms with Crippen LogP contribution in [0, 0.1) is 0 Å². The summed E-state index contributed by atoms with van der Waals surface area (Å²) >= 11 is 1.61. The smallest absolute Gasteiger partial charge is 0.185 e. The number of aromatic nitrogens is 1. The Labute approximate surface area is 125 Å². The molecule has 0 amide bonds. The van der Waals surface area contributed by atoms with Crippen LogP contribution in [0.1, 0.15) is 51.1 Å². The van der Waals surface area contributed by atoms with E-state index in [2.05, 4.69) is 32.6 Å². The first-order valence-electron chi connectivity index (χ1n) is 7.43. The van der Waals surface area contributed by atoms with Gasteiger partial charge < -0.3 is 14.7 Å². The monoisotopic (exact) mass is 298 g/mol. The van der Waals surface area contributed by atoms with Gasteiger partial charge in [-0.1, -0.05) is 32.1 Å². The first kappa shape index (κ1) is 15.7. The van der Waals surface area contributed by atoms with Gasteiger partial charge in [0.15, 0.2) is 5.13 Å². The number of hydrogen-bond acceptors (Lipinski definition) is 5. The van der Waals surface area contributed by atoms with Crippen LogP contribution in [0.5, 0.6) is 0 Å². The Bertz CT molecular complexity index is 434. The Kier molecular flexibility index (Phi) is 5.04. The number of ether oxygens (including phenoxy) is 1.